The standard InChI is InChI=1S/C16H18N2OS/c1-12(7-14-5-6-20-11-14)18-10-13-3-4-16(19-2)15(8-13)9-17/h3-6,8,11-12,18H,7,10H2,1-2H3. The zero-order valence-electron chi connectivity index (χ0n) is 11.7. The van der Waals surface area contributed by atoms with Crippen LogP contribution in [0.1, 0.15) is 23.6 Å². The van der Waals surface area contributed by atoms with E-state index in [1.54, 1.807) is 18.4 Å². The maximum Gasteiger partial charge on any atom is 0.136 e. The molecule has 20 heavy (non-hydrogen) atoms. The molecule has 104 valence electrons. The number of nitrogens with zero attached hydrogens (tertiary/aromatic N) is 1. The van der Waals surface area contributed by atoms with Gasteiger partial charge in [0.25, 0.3) is 0 Å². The molecule has 0 spiro atoms. The van der Waals surface area contributed by atoms with Gasteiger partial charge in [-0.2, -0.15) is 16.6 Å². The zero-order chi connectivity index (χ0) is 14.4. The van der Waals surface area contributed by atoms with E-state index in [-0.39, 0.29) is 0 Å². The molecular formula is C16H18N2OS. The van der Waals surface area contributed by atoms with Crippen LogP contribution in [0.5, 0.6) is 5.75 Å². The van der Waals surface area contributed by atoms with Gasteiger partial charge in [0.05, 0.1) is 12.7 Å². The molecule has 1 aromatic carbocycles. The molecule has 2 rings (SSSR count). The Bertz CT molecular complexity index is 587. The highest BCUT2D eigenvalue weighted by Crippen LogP contribution is 2.18. The SMILES string of the molecule is COc1ccc(CNC(C)Cc2ccsc2)cc1C#N. The molecule has 1 atom stereocenters. The monoisotopic (exact) mass is 286 g/mol. The molecular weight excluding hydrogens is 268 g/mol. The van der Waals surface area contributed by atoms with Crippen LogP contribution in [0, 0.1) is 11.3 Å². The molecule has 1 unspecified atom stereocenters. The fourth-order valence-electron chi connectivity index (χ4n) is 2.08. The summed E-state index contributed by atoms with van der Waals surface area (Å²) in [6, 6.07) is 10.4. The van der Waals surface area contributed by atoms with Crippen molar-refractivity contribution in [2.45, 2.75) is 25.9 Å². The van der Waals surface area contributed by atoms with Crippen molar-refractivity contribution >= 4 is 11.3 Å². The first kappa shape index (κ1) is 14.6. The Balaban J connectivity index is 1.92. The van der Waals surface area contributed by atoms with Crippen LogP contribution in [0.3, 0.4) is 0 Å². The summed E-state index contributed by atoms with van der Waals surface area (Å²) in [5.41, 5.74) is 3.04. The van der Waals surface area contributed by atoms with E-state index in [1.807, 2.05) is 18.2 Å². The van der Waals surface area contributed by atoms with Gasteiger partial charge in [-0.3, -0.25) is 0 Å². The molecule has 0 aliphatic carbocycles. The van der Waals surface area contributed by atoms with Gasteiger partial charge in [0.1, 0.15) is 11.8 Å². The van der Waals surface area contributed by atoms with E-state index in [0.717, 1.165) is 18.5 Å². The largest absolute Gasteiger partial charge is 0.495 e. The number of benzene rings is 1. The van der Waals surface area contributed by atoms with Gasteiger partial charge in [-0.15, -0.1) is 0 Å². The van der Waals surface area contributed by atoms with Crippen LogP contribution in [0.2, 0.25) is 0 Å². The van der Waals surface area contributed by atoms with Crippen LogP contribution in [-0.2, 0) is 13.0 Å². The fourth-order valence-corrected chi connectivity index (χ4v) is 2.76. The fraction of sp³-hybridized carbons (Fsp3) is 0.312. The van der Waals surface area contributed by atoms with Gasteiger partial charge >= 0.3 is 0 Å². The molecule has 0 bridgehead atoms. The first-order valence-corrected chi connectivity index (χ1v) is 7.48. The van der Waals surface area contributed by atoms with Crippen molar-refractivity contribution in [1.82, 2.24) is 5.32 Å². The van der Waals surface area contributed by atoms with Gasteiger partial charge in [-0.1, -0.05) is 6.07 Å². The average Bonchev–Trinajstić information content (AvgIpc) is 2.97. The highest BCUT2D eigenvalue weighted by molar-refractivity contribution is 7.07. The summed E-state index contributed by atoms with van der Waals surface area (Å²) in [7, 11) is 1.58. The Labute approximate surface area is 123 Å². The first-order chi connectivity index (χ1) is 9.72. The Morgan fingerprint density at radius 2 is 2.20 bits per heavy atom. The average molecular weight is 286 g/mol. The maximum absolute atomic E-state index is 9.07. The summed E-state index contributed by atoms with van der Waals surface area (Å²) >= 11 is 1.73. The van der Waals surface area contributed by atoms with Crippen LogP contribution in [0.4, 0.5) is 0 Å². The lowest BCUT2D eigenvalue weighted by Gasteiger charge is -2.13. The molecule has 3 nitrogen and oxygen atoms in total. The van der Waals surface area contributed by atoms with E-state index in [9.17, 15) is 0 Å². The smallest absolute Gasteiger partial charge is 0.136 e. The van der Waals surface area contributed by atoms with Crippen LogP contribution in [0.15, 0.2) is 35.0 Å². The normalized spacial score (nSPS) is 11.8. The van der Waals surface area contributed by atoms with Crippen molar-refractivity contribution in [3.8, 4) is 11.8 Å². The molecule has 1 heterocycles. The molecule has 2 aromatic rings. The predicted octanol–water partition coefficient (Wildman–Crippen LogP) is 3.35. The van der Waals surface area contributed by atoms with Gasteiger partial charge in [-0.25, -0.2) is 0 Å². The van der Waals surface area contributed by atoms with Crippen LogP contribution in [0.25, 0.3) is 0 Å². The van der Waals surface area contributed by atoms with Gasteiger partial charge in [0, 0.05) is 12.6 Å². The summed E-state index contributed by atoms with van der Waals surface area (Å²) in [6.45, 7) is 2.93. The molecule has 0 saturated carbocycles. The molecule has 0 saturated heterocycles. The Morgan fingerprint density at radius 1 is 1.35 bits per heavy atom. The van der Waals surface area contributed by atoms with Crippen molar-refractivity contribution in [2.75, 3.05) is 7.11 Å². The minimum Gasteiger partial charge on any atom is -0.495 e. The number of thiophene rings is 1. The van der Waals surface area contributed by atoms with Crippen LogP contribution < -0.4 is 10.1 Å². The second-order valence-electron chi connectivity index (χ2n) is 4.76. The van der Waals surface area contributed by atoms with Crippen molar-refractivity contribution in [1.29, 1.82) is 5.26 Å². The number of nitrogens with one attached hydrogen (secondary N) is 1. The number of nitriles is 1. The summed E-state index contributed by atoms with van der Waals surface area (Å²) in [5.74, 6) is 0.627. The van der Waals surface area contributed by atoms with E-state index < -0.39 is 0 Å². The number of hydrogen-bond donors (Lipinski definition) is 1. The molecule has 1 N–H and O–H groups in total. The van der Waals surface area contributed by atoms with Gasteiger partial charge < -0.3 is 10.1 Å². The third-order valence-electron chi connectivity index (χ3n) is 3.16. The van der Waals surface area contributed by atoms with E-state index >= 15 is 0 Å². The van der Waals surface area contributed by atoms with Crippen molar-refractivity contribution in [3.05, 3.63) is 51.7 Å². The number of hydrogen-bond acceptors (Lipinski definition) is 4. The summed E-state index contributed by atoms with van der Waals surface area (Å²) in [6.07, 6.45) is 1.02. The third-order valence-corrected chi connectivity index (χ3v) is 3.89. The number of rotatable bonds is 6. The van der Waals surface area contributed by atoms with E-state index in [4.69, 9.17) is 10.00 Å². The van der Waals surface area contributed by atoms with Crippen molar-refractivity contribution in [2.24, 2.45) is 0 Å². The maximum atomic E-state index is 9.07. The minimum absolute atomic E-state index is 0.400. The highest BCUT2D eigenvalue weighted by atomic mass is 32.1. The molecule has 4 heteroatoms. The number of ether oxygens (including phenoxy) is 1. The minimum atomic E-state index is 0.400. The predicted molar refractivity (Wildman–Crippen MR) is 82.0 cm³/mol. The summed E-state index contributed by atoms with van der Waals surface area (Å²) in [5, 5.41) is 16.8. The molecule has 0 radical (unpaired) electrons. The number of methoxy groups -OCH3 is 1. The van der Waals surface area contributed by atoms with Gasteiger partial charge in [-0.05, 0) is 53.4 Å². The zero-order valence-corrected chi connectivity index (χ0v) is 12.5. The first-order valence-electron chi connectivity index (χ1n) is 6.54. The Morgan fingerprint density at radius 3 is 2.85 bits per heavy atom. The molecule has 0 aliphatic rings. The molecule has 0 fully saturated rings. The second kappa shape index (κ2) is 7.09. The Kier molecular flexibility index (Phi) is 5.16. The van der Waals surface area contributed by atoms with Gasteiger partial charge in [0.2, 0.25) is 0 Å². The molecule has 0 amide bonds. The van der Waals surface area contributed by atoms with E-state index in [0.29, 0.717) is 17.4 Å². The van der Waals surface area contributed by atoms with E-state index in [2.05, 4.69) is 35.1 Å². The van der Waals surface area contributed by atoms with Crippen LogP contribution >= 0.6 is 11.3 Å². The Hall–Kier alpha value is -1.83. The quantitative estimate of drug-likeness (QED) is 0.885. The lowest BCUT2D eigenvalue weighted by Crippen LogP contribution is -2.27. The lowest BCUT2D eigenvalue weighted by atomic mass is 10.1. The van der Waals surface area contributed by atoms with Crippen molar-refractivity contribution in [3.63, 3.8) is 0 Å². The third kappa shape index (κ3) is 3.83. The second-order valence-corrected chi connectivity index (χ2v) is 5.54. The van der Waals surface area contributed by atoms with E-state index in [1.165, 1.54) is 5.56 Å². The van der Waals surface area contributed by atoms with Crippen LogP contribution in [-0.4, -0.2) is 13.2 Å². The lowest BCUT2D eigenvalue weighted by molar-refractivity contribution is 0.413. The summed E-state index contributed by atoms with van der Waals surface area (Å²) < 4.78 is 5.15. The molecule has 0 aliphatic heterocycles. The van der Waals surface area contributed by atoms with Gasteiger partial charge in [0.15, 0.2) is 0 Å². The molecule has 1 aromatic heterocycles. The van der Waals surface area contributed by atoms with Crippen molar-refractivity contribution < 1.29 is 4.74 Å². The highest BCUT2D eigenvalue weighted by Gasteiger charge is 2.06. The summed E-state index contributed by atoms with van der Waals surface area (Å²) in [4.78, 5) is 0. The topological polar surface area (TPSA) is 45.0 Å².